The highest BCUT2D eigenvalue weighted by Gasteiger charge is 2.33. The van der Waals surface area contributed by atoms with Crippen LogP contribution in [-0.4, -0.2) is 27.0 Å². The molecule has 146 valence electrons. The van der Waals surface area contributed by atoms with E-state index in [1.54, 1.807) is 24.3 Å². The molecular formula is C21H27ClN2O2S. The van der Waals surface area contributed by atoms with E-state index in [1.165, 1.54) is 5.56 Å². The number of nitrogens with one attached hydrogen (secondary N) is 1. The van der Waals surface area contributed by atoms with Crippen LogP contribution in [0.25, 0.3) is 0 Å². The van der Waals surface area contributed by atoms with E-state index in [2.05, 4.69) is 47.7 Å². The second kappa shape index (κ2) is 8.63. The number of rotatable bonds is 6. The molecule has 4 nitrogen and oxygen atoms in total. The van der Waals surface area contributed by atoms with Crippen molar-refractivity contribution in [2.75, 3.05) is 11.4 Å². The Labute approximate surface area is 167 Å². The van der Waals surface area contributed by atoms with Crippen molar-refractivity contribution in [3.05, 3.63) is 59.1 Å². The summed E-state index contributed by atoms with van der Waals surface area (Å²) < 4.78 is 28.7. The first-order valence-electron chi connectivity index (χ1n) is 9.52. The summed E-state index contributed by atoms with van der Waals surface area (Å²) in [6.45, 7) is 5.05. The van der Waals surface area contributed by atoms with Gasteiger partial charge in [-0.25, -0.2) is 13.1 Å². The molecule has 1 fully saturated rings. The van der Waals surface area contributed by atoms with Crippen molar-refractivity contribution in [1.29, 1.82) is 0 Å². The number of hydrogen-bond acceptors (Lipinski definition) is 3. The van der Waals surface area contributed by atoms with Crippen LogP contribution in [0.4, 0.5) is 5.69 Å². The Kier molecular flexibility index (Phi) is 6.45. The van der Waals surface area contributed by atoms with Gasteiger partial charge in [-0.1, -0.05) is 36.6 Å². The molecule has 0 aromatic heterocycles. The average Bonchev–Trinajstić information content (AvgIpc) is 2.64. The summed E-state index contributed by atoms with van der Waals surface area (Å²) in [5.41, 5.74) is 2.36. The zero-order valence-electron chi connectivity index (χ0n) is 15.9. The fraction of sp³-hybridized carbons (Fsp3) is 0.429. The number of sulfonamides is 1. The molecule has 0 unspecified atom stereocenters. The van der Waals surface area contributed by atoms with Crippen LogP contribution in [0.1, 0.15) is 38.2 Å². The molecule has 2 aromatic carbocycles. The average molecular weight is 407 g/mol. The number of hydrogen-bond donors (Lipinski definition) is 1. The summed E-state index contributed by atoms with van der Waals surface area (Å²) in [4.78, 5) is 2.59. The van der Waals surface area contributed by atoms with Crippen LogP contribution in [0.15, 0.2) is 53.4 Å². The first kappa shape index (κ1) is 20.2. The van der Waals surface area contributed by atoms with E-state index in [-0.39, 0.29) is 17.0 Å². The first-order chi connectivity index (χ1) is 12.9. The van der Waals surface area contributed by atoms with Gasteiger partial charge in [0.2, 0.25) is 10.0 Å². The highest BCUT2D eigenvalue weighted by atomic mass is 35.5. The minimum atomic E-state index is -3.58. The number of aryl methyl sites for hydroxylation is 1. The summed E-state index contributed by atoms with van der Waals surface area (Å²) >= 11 is 5.90. The van der Waals surface area contributed by atoms with E-state index >= 15 is 0 Å². The lowest BCUT2D eigenvalue weighted by Gasteiger charge is -2.41. The predicted molar refractivity (Wildman–Crippen MR) is 112 cm³/mol. The van der Waals surface area contributed by atoms with Gasteiger partial charge in [-0.05, 0) is 68.7 Å². The van der Waals surface area contributed by atoms with Crippen LogP contribution in [-0.2, 0) is 10.0 Å². The van der Waals surface area contributed by atoms with E-state index < -0.39 is 10.0 Å². The van der Waals surface area contributed by atoms with Gasteiger partial charge in [0, 0.05) is 29.3 Å². The topological polar surface area (TPSA) is 49.4 Å². The molecule has 2 aromatic rings. The smallest absolute Gasteiger partial charge is 0.240 e. The van der Waals surface area contributed by atoms with Crippen LogP contribution in [0.5, 0.6) is 0 Å². The minimum absolute atomic E-state index is 0.111. The first-order valence-corrected chi connectivity index (χ1v) is 11.4. The van der Waals surface area contributed by atoms with Crippen molar-refractivity contribution in [1.82, 2.24) is 4.72 Å². The molecule has 0 radical (unpaired) electrons. The standard InChI is InChI=1S/C21H27ClN2O2S/c1-3-24(18-8-6-7-16(2)15-18)21-10-5-4-9-20(21)23-27(25,26)19-13-11-17(22)12-14-19/h6-8,11-15,20-21,23H,3-5,9-10H2,1-2H3/t20-,21-/m1/s1. The molecule has 0 spiro atoms. The maximum Gasteiger partial charge on any atom is 0.240 e. The molecule has 0 heterocycles. The van der Waals surface area contributed by atoms with Crippen LogP contribution in [0.2, 0.25) is 5.02 Å². The lowest BCUT2D eigenvalue weighted by molar-refractivity contribution is 0.345. The number of benzene rings is 2. The van der Waals surface area contributed by atoms with Gasteiger partial charge in [0.05, 0.1) is 4.90 Å². The summed E-state index contributed by atoms with van der Waals surface area (Å²) in [6, 6.07) is 14.8. The summed E-state index contributed by atoms with van der Waals surface area (Å²) in [7, 11) is -3.58. The third-order valence-electron chi connectivity index (χ3n) is 5.23. The van der Waals surface area contributed by atoms with Crippen molar-refractivity contribution in [2.24, 2.45) is 0 Å². The molecule has 3 rings (SSSR count). The van der Waals surface area contributed by atoms with Crippen LogP contribution < -0.4 is 9.62 Å². The van der Waals surface area contributed by atoms with Crippen molar-refractivity contribution < 1.29 is 8.42 Å². The quantitative estimate of drug-likeness (QED) is 0.752. The van der Waals surface area contributed by atoms with E-state index in [4.69, 9.17) is 11.6 Å². The molecule has 1 aliphatic carbocycles. The summed E-state index contributed by atoms with van der Waals surface area (Å²) in [6.07, 6.45) is 3.98. The van der Waals surface area contributed by atoms with Crippen LogP contribution >= 0.6 is 11.6 Å². The monoisotopic (exact) mass is 406 g/mol. The number of nitrogens with zero attached hydrogens (tertiary/aromatic N) is 1. The number of halogens is 1. The molecule has 27 heavy (non-hydrogen) atoms. The van der Waals surface area contributed by atoms with Gasteiger partial charge in [0.25, 0.3) is 0 Å². The molecule has 0 saturated heterocycles. The molecule has 1 aliphatic rings. The normalized spacial score (nSPS) is 20.4. The van der Waals surface area contributed by atoms with Gasteiger partial charge in [0.15, 0.2) is 0 Å². The molecule has 1 saturated carbocycles. The molecule has 0 bridgehead atoms. The minimum Gasteiger partial charge on any atom is -0.367 e. The molecule has 2 atom stereocenters. The van der Waals surface area contributed by atoms with Gasteiger partial charge in [-0.3, -0.25) is 0 Å². The van der Waals surface area contributed by atoms with Gasteiger partial charge in [0.1, 0.15) is 0 Å². The highest BCUT2D eigenvalue weighted by Crippen LogP contribution is 2.29. The third kappa shape index (κ3) is 4.84. The fourth-order valence-corrected chi connectivity index (χ4v) is 5.35. The Morgan fingerprint density at radius 3 is 2.48 bits per heavy atom. The highest BCUT2D eigenvalue weighted by molar-refractivity contribution is 7.89. The van der Waals surface area contributed by atoms with Crippen LogP contribution in [0, 0.1) is 6.92 Å². The van der Waals surface area contributed by atoms with Gasteiger partial charge >= 0.3 is 0 Å². The van der Waals surface area contributed by atoms with E-state index in [0.29, 0.717) is 5.02 Å². The zero-order chi connectivity index (χ0) is 19.4. The largest absolute Gasteiger partial charge is 0.367 e. The second-order valence-corrected chi connectivity index (χ2v) is 9.31. The molecule has 6 heteroatoms. The molecule has 0 aliphatic heterocycles. The molecule has 1 N–H and O–H groups in total. The second-order valence-electron chi connectivity index (χ2n) is 7.16. The molecular weight excluding hydrogens is 380 g/mol. The maximum absolute atomic E-state index is 12.9. The van der Waals surface area contributed by atoms with E-state index in [9.17, 15) is 8.42 Å². The van der Waals surface area contributed by atoms with Gasteiger partial charge < -0.3 is 4.90 Å². The Morgan fingerprint density at radius 1 is 1.11 bits per heavy atom. The Balaban J connectivity index is 1.85. The maximum atomic E-state index is 12.9. The van der Waals surface area contributed by atoms with Gasteiger partial charge in [-0.2, -0.15) is 0 Å². The summed E-state index contributed by atoms with van der Waals surface area (Å²) in [5.74, 6) is 0. The lowest BCUT2D eigenvalue weighted by Crippen LogP contribution is -2.53. The van der Waals surface area contributed by atoms with Crippen LogP contribution in [0.3, 0.4) is 0 Å². The summed E-state index contributed by atoms with van der Waals surface area (Å²) in [5, 5.41) is 0.529. The molecule has 0 amide bonds. The Hall–Kier alpha value is -1.56. The fourth-order valence-electron chi connectivity index (χ4n) is 3.92. The van der Waals surface area contributed by atoms with Crippen molar-refractivity contribution >= 4 is 27.3 Å². The SMILES string of the molecule is CCN(c1cccc(C)c1)[C@@H]1CCCC[C@H]1NS(=O)(=O)c1ccc(Cl)cc1. The number of anilines is 1. The van der Waals surface area contributed by atoms with Crippen molar-refractivity contribution in [3.63, 3.8) is 0 Å². The van der Waals surface area contributed by atoms with Crippen molar-refractivity contribution in [2.45, 2.75) is 56.5 Å². The number of likely N-dealkylation sites (N-methyl/N-ethyl adjacent to an activating group) is 1. The predicted octanol–water partition coefficient (Wildman–Crippen LogP) is 4.76. The third-order valence-corrected chi connectivity index (χ3v) is 6.99. The van der Waals surface area contributed by atoms with Crippen molar-refractivity contribution in [3.8, 4) is 0 Å². The Morgan fingerprint density at radius 2 is 1.81 bits per heavy atom. The van der Waals surface area contributed by atoms with E-state index in [0.717, 1.165) is 37.9 Å². The zero-order valence-corrected chi connectivity index (χ0v) is 17.4. The van der Waals surface area contributed by atoms with E-state index in [1.807, 2.05) is 0 Å². The lowest BCUT2D eigenvalue weighted by atomic mass is 9.89. The van der Waals surface area contributed by atoms with Gasteiger partial charge in [-0.15, -0.1) is 0 Å². The Bertz CT molecular complexity index is 868.